The summed E-state index contributed by atoms with van der Waals surface area (Å²) in [6, 6.07) is 8.01. The normalized spacial score (nSPS) is 20.6. The Morgan fingerprint density at radius 2 is 1.88 bits per heavy atom. The first-order valence-corrected chi connectivity index (χ1v) is 6.46. The van der Waals surface area contributed by atoms with Crippen LogP contribution < -0.4 is 4.74 Å². The Morgan fingerprint density at radius 1 is 1.18 bits per heavy atom. The minimum atomic E-state index is 0.122. The van der Waals surface area contributed by atoms with E-state index in [1.54, 1.807) is 0 Å². The van der Waals surface area contributed by atoms with Gasteiger partial charge in [-0.15, -0.1) is 0 Å². The summed E-state index contributed by atoms with van der Waals surface area (Å²) in [5.41, 5.74) is 1.14. The second kappa shape index (κ2) is 5.35. The van der Waals surface area contributed by atoms with Crippen molar-refractivity contribution in [3.05, 3.63) is 29.8 Å². The lowest BCUT2D eigenvalue weighted by Gasteiger charge is -2.21. The third-order valence-corrected chi connectivity index (χ3v) is 3.21. The zero-order valence-electron chi connectivity index (χ0n) is 10.6. The molecule has 0 aliphatic heterocycles. The first-order chi connectivity index (χ1) is 8.16. The predicted octanol–water partition coefficient (Wildman–Crippen LogP) is 3.70. The van der Waals surface area contributed by atoms with Crippen molar-refractivity contribution in [2.75, 3.05) is 0 Å². The second-order valence-electron chi connectivity index (χ2n) is 5.00. The van der Waals surface area contributed by atoms with Crippen LogP contribution in [0.5, 0.6) is 5.75 Å². The number of Topliss-reactive ketones (excluding diaryl/α,β-unsaturated/α-hetero) is 1. The van der Waals surface area contributed by atoms with Gasteiger partial charge in [-0.1, -0.05) is 18.6 Å². The highest BCUT2D eigenvalue weighted by atomic mass is 16.5. The van der Waals surface area contributed by atoms with Crippen molar-refractivity contribution in [2.24, 2.45) is 0 Å². The topological polar surface area (TPSA) is 26.3 Å². The van der Waals surface area contributed by atoms with E-state index in [0.717, 1.165) is 30.6 Å². The van der Waals surface area contributed by atoms with Gasteiger partial charge in [0.15, 0.2) is 0 Å². The molecule has 0 N–H and O–H groups in total. The summed E-state index contributed by atoms with van der Waals surface area (Å²) in [6.45, 7) is 4.02. The van der Waals surface area contributed by atoms with Gasteiger partial charge in [0.1, 0.15) is 11.5 Å². The number of benzene rings is 1. The van der Waals surface area contributed by atoms with Crippen molar-refractivity contribution in [1.82, 2.24) is 0 Å². The molecular formula is C15H20O2. The lowest BCUT2D eigenvalue weighted by molar-refractivity contribution is -0.121. The van der Waals surface area contributed by atoms with Gasteiger partial charge in [-0.2, -0.15) is 0 Å². The van der Waals surface area contributed by atoms with Gasteiger partial charge in [-0.25, -0.2) is 0 Å². The van der Waals surface area contributed by atoms with E-state index in [1.165, 1.54) is 6.42 Å². The Labute approximate surface area is 103 Å². The van der Waals surface area contributed by atoms with Gasteiger partial charge in [0.05, 0.1) is 6.10 Å². The second-order valence-corrected chi connectivity index (χ2v) is 5.00. The van der Waals surface area contributed by atoms with Gasteiger partial charge in [0, 0.05) is 12.3 Å². The summed E-state index contributed by atoms with van der Waals surface area (Å²) in [6.07, 6.45) is 4.17. The molecule has 1 fully saturated rings. The third kappa shape index (κ3) is 3.09. The van der Waals surface area contributed by atoms with Gasteiger partial charge < -0.3 is 4.74 Å². The smallest absolute Gasteiger partial charge is 0.140 e. The average Bonchev–Trinajstić information content (AvgIpc) is 2.30. The number of carbonyl (C=O) groups excluding carboxylic acids is 1. The fourth-order valence-corrected chi connectivity index (χ4v) is 2.39. The van der Waals surface area contributed by atoms with E-state index in [-0.39, 0.29) is 12.0 Å². The van der Waals surface area contributed by atoms with Crippen molar-refractivity contribution in [1.29, 1.82) is 0 Å². The molecule has 1 aliphatic carbocycles. The number of rotatable bonds is 3. The van der Waals surface area contributed by atoms with Crippen LogP contribution in [0.4, 0.5) is 0 Å². The maximum atomic E-state index is 11.8. The van der Waals surface area contributed by atoms with Crippen LogP contribution in [0.3, 0.4) is 0 Å². The molecule has 0 radical (unpaired) electrons. The minimum Gasteiger partial charge on any atom is -0.491 e. The number of carbonyl (C=O) groups is 1. The predicted molar refractivity (Wildman–Crippen MR) is 68.4 cm³/mol. The van der Waals surface area contributed by atoms with Crippen LogP contribution >= 0.6 is 0 Å². The molecule has 0 amide bonds. The average molecular weight is 232 g/mol. The van der Waals surface area contributed by atoms with Gasteiger partial charge in [0.2, 0.25) is 0 Å². The fraction of sp³-hybridized carbons (Fsp3) is 0.533. The van der Waals surface area contributed by atoms with Crippen LogP contribution in [0, 0.1) is 0 Å². The molecule has 1 aromatic carbocycles. The highest BCUT2D eigenvalue weighted by Crippen LogP contribution is 2.30. The third-order valence-electron chi connectivity index (χ3n) is 3.21. The number of ether oxygens (including phenoxy) is 1. The van der Waals surface area contributed by atoms with Crippen LogP contribution in [0.1, 0.15) is 51.0 Å². The van der Waals surface area contributed by atoms with Crippen LogP contribution in [-0.2, 0) is 4.79 Å². The first kappa shape index (κ1) is 12.2. The fourth-order valence-electron chi connectivity index (χ4n) is 2.39. The van der Waals surface area contributed by atoms with Crippen molar-refractivity contribution < 1.29 is 9.53 Å². The van der Waals surface area contributed by atoms with Gasteiger partial charge in [0.25, 0.3) is 0 Å². The van der Waals surface area contributed by atoms with Crippen molar-refractivity contribution >= 4 is 5.78 Å². The number of hydrogen-bond donors (Lipinski definition) is 0. The van der Waals surface area contributed by atoms with Crippen molar-refractivity contribution in [2.45, 2.75) is 51.6 Å². The van der Waals surface area contributed by atoms with E-state index >= 15 is 0 Å². The van der Waals surface area contributed by atoms with Crippen LogP contribution in [0.2, 0.25) is 0 Å². The Morgan fingerprint density at radius 3 is 2.47 bits per heavy atom. The Bertz CT molecular complexity index is 378. The summed E-state index contributed by atoms with van der Waals surface area (Å²) in [7, 11) is 0. The monoisotopic (exact) mass is 232 g/mol. The van der Waals surface area contributed by atoms with Crippen molar-refractivity contribution in [3.63, 3.8) is 0 Å². The Kier molecular flexibility index (Phi) is 3.82. The molecule has 1 unspecified atom stereocenters. The van der Waals surface area contributed by atoms with E-state index in [2.05, 4.69) is 0 Å². The quantitative estimate of drug-likeness (QED) is 0.794. The molecule has 1 atom stereocenters. The van der Waals surface area contributed by atoms with Gasteiger partial charge in [-0.05, 0) is 44.4 Å². The summed E-state index contributed by atoms with van der Waals surface area (Å²) in [5.74, 6) is 1.40. The Balaban J connectivity index is 2.08. The maximum Gasteiger partial charge on any atom is 0.140 e. The van der Waals surface area contributed by atoms with Crippen molar-refractivity contribution in [3.8, 4) is 5.75 Å². The van der Waals surface area contributed by atoms with E-state index in [1.807, 2.05) is 38.1 Å². The SMILES string of the molecule is CC(C)Oc1ccc(C2CCCCC2=O)cc1. The lowest BCUT2D eigenvalue weighted by atomic mass is 9.83. The van der Waals surface area contributed by atoms with E-state index in [4.69, 9.17) is 4.74 Å². The molecule has 0 bridgehead atoms. The van der Waals surface area contributed by atoms with Crippen LogP contribution in [0.15, 0.2) is 24.3 Å². The summed E-state index contributed by atoms with van der Waals surface area (Å²) in [4.78, 5) is 11.8. The summed E-state index contributed by atoms with van der Waals surface area (Å²) in [5, 5.41) is 0. The largest absolute Gasteiger partial charge is 0.491 e. The van der Waals surface area contributed by atoms with E-state index in [9.17, 15) is 4.79 Å². The highest BCUT2D eigenvalue weighted by molar-refractivity contribution is 5.86. The summed E-state index contributed by atoms with van der Waals surface area (Å²) < 4.78 is 5.60. The zero-order chi connectivity index (χ0) is 12.3. The molecule has 0 aromatic heterocycles. The number of ketones is 1. The van der Waals surface area contributed by atoms with Gasteiger partial charge >= 0.3 is 0 Å². The molecule has 2 rings (SSSR count). The first-order valence-electron chi connectivity index (χ1n) is 6.46. The van der Waals surface area contributed by atoms with Gasteiger partial charge in [-0.3, -0.25) is 4.79 Å². The molecule has 2 heteroatoms. The maximum absolute atomic E-state index is 11.8. The zero-order valence-corrected chi connectivity index (χ0v) is 10.6. The molecule has 0 saturated heterocycles. The molecule has 0 spiro atoms. The molecule has 17 heavy (non-hydrogen) atoms. The minimum absolute atomic E-state index is 0.122. The lowest BCUT2D eigenvalue weighted by Crippen LogP contribution is -2.16. The summed E-state index contributed by atoms with van der Waals surface area (Å²) >= 11 is 0. The highest BCUT2D eigenvalue weighted by Gasteiger charge is 2.23. The molecular weight excluding hydrogens is 212 g/mol. The molecule has 1 saturated carbocycles. The standard InChI is InChI=1S/C15H20O2/c1-11(2)17-13-9-7-12(8-10-13)14-5-3-4-6-15(14)16/h7-11,14H,3-6H2,1-2H3. The molecule has 1 aliphatic rings. The molecule has 1 aromatic rings. The van der Waals surface area contributed by atoms with Crippen LogP contribution in [0.25, 0.3) is 0 Å². The van der Waals surface area contributed by atoms with E-state index in [0.29, 0.717) is 5.78 Å². The Hall–Kier alpha value is -1.31. The molecule has 2 nitrogen and oxygen atoms in total. The van der Waals surface area contributed by atoms with Crippen LogP contribution in [-0.4, -0.2) is 11.9 Å². The molecule has 92 valence electrons. The van der Waals surface area contributed by atoms with E-state index < -0.39 is 0 Å². The number of hydrogen-bond acceptors (Lipinski definition) is 2. The molecule has 0 heterocycles.